The molecule has 228 valence electrons. The van der Waals surface area contributed by atoms with Crippen LogP contribution in [0.25, 0.3) is 11.1 Å². The summed E-state index contributed by atoms with van der Waals surface area (Å²) in [4.78, 5) is 24.9. The third-order valence-corrected chi connectivity index (χ3v) is 6.87. The molecule has 1 fully saturated rings. The summed E-state index contributed by atoms with van der Waals surface area (Å²) >= 11 is 0. The van der Waals surface area contributed by atoms with Crippen molar-refractivity contribution in [2.75, 3.05) is 11.4 Å². The first kappa shape index (κ1) is 31.1. The molecule has 2 aromatic heterocycles. The van der Waals surface area contributed by atoms with Gasteiger partial charge in [-0.3, -0.25) is 4.68 Å². The minimum absolute atomic E-state index is 0.0968. The summed E-state index contributed by atoms with van der Waals surface area (Å²) < 4.78 is 88.8. The van der Waals surface area contributed by atoms with Gasteiger partial charge in [0.05, 0.1) is 23.4 Å². The number of aromatic nitrogens is 4. The van der Waals surface area contributed by atoms with Crippen molar-refractivity contribution in [1.29, 1.82) is 0 Å². The Morgan fingerprint density at radius 1 is 0.976 bits per heavy atom. The first-order valence-electron chi connectivity index (χ1n) is 13.3. The number of benzene rings is 1. The number of ether oxygens (including phenoxy) is 1. The lowest BCUT2D eigenvalue weighted by Gasteiger charge is -2.30. The molecule has 1 aliphatic rings. The molecule has 1 amide bonds. The van der Waals surface area contributed by atoms with Crippen LogP contribution in [-0.4, -0.2) is 55.0 Å². The van der Waals surface area contributed by atoms with Gasteiger partial charge in [-0.05, 0) is 57.4 Å². The molecule has 0 saturated carbocycles. The van der Waals surface area contributed by atoms with Crippen LogP contribution in [0.4, 0.5) is 37.1 Å². The lowest BCUT2D eigenvalue weighted by molar-refractivity contribution is -0.143. The fraction of sp³-hybridized carbons (Fsp3) is 0.500. The maximum absolute atomic E-state index is 13.6. The monoisotopic (exact) mass is 598 g/mol. The number of halogens is 6. The van der Waals surface area contributed by atoms with Gasteiger partial charge in [-0.2, -0.15) is 31.4 Å². The number of rotatable bonds is 6. The van der Waals surface area contributed by atoms with E-state index in [0.29, 0.717) is 30.5 Å². The van der Waals surface area contributed by atoms with Crippen LogP contribution in [0.5, 0.6) is 0 Å². The Morgan fingerprint density at radius 2 is 1.57 bits per heavy atom. The molecule has 0 spiro atoms. The van der Waals surface area contributed by atoms with Crippen LogP contribution in [0.3, 0.4) is 0 Å². The van der Waals surface area contributed by atoms with Gasteiger partial charge in [0, 0.05) is 55.9 Å². The fourth-order valence-corrected chi connectivity index (χ4v) is 4.91. The summed E-state index contributed by atoms with van der Waals surface area (Å²) in [5.41, 5.74) is -2.45. The van der Waals surface area contributed by atoms with Crippen molar-refractivity contribution in [3.63, 3.8) is 0 Å². The van der Waals surface area contributed by atoms with Gasteiger partial charge >= 0.3 is 18.4 Å². The summed E-state index contributed by atoms with van der Waals surface area (Å²) in [6.45, 7) is 6.84. The molecular formula is C28H32F6N6O2. The summed E-state index contributed by atoms with van der Waals surface area (Å²) in [6.07, 6.45) is -3.20. The SMILES string of the molecule is CCC1CC(N(Cc2cc(C(F)(F)F)cc(C(F)(F)F)c2)c2ncc(-c3cnn(C)c3)cn2)CN1C(=O)OC(C)(C)C. The van der Waals surface area contributed by atoms with E-state index in [1.807, 2.05) is 6.92 Å². The highest BCUT2D eigenvalue weighted by Crippen LogP contribution is 2.37. The molecule has 0 aliphatic carbocycles. The summed E-state index contributed by atoms with van der Waals surface area (Å²) in [7, 11) is 1.74. The first-order valence-corrected chi connectivity index (χ1v) is 13.3. The Balaban J connectivity index is 1.74. The van der Waals surface area contributed by atoms with Crippen LogP contribution in [0.2, 0.25) is 0 Å². The Hall–Kier alpha value is -3.84. The predicted octanol–water partition coefficient (Wildman–Crippen LogP) is 6.71. The van der Waals surface area contributed by atoms with Gasteiger partial charge < -0.3 is 14.5 Å². The number of carbonyl (C=O) groups excluding carboxylic acids is 1. The highest BCUT2D eigenvalue weighted by molar-refractivity contribution is 5.69. The molecule has 0 bridgehead atoms. The number of anilines is 1. The van der Waals surface area contributed by atoms with E-state index in [2.05, 4.69) is 15.1 Å². The van der Waals surface area contributed by atoms with Crippen molar-refractivity contribution >= 4 is 12.0 Å². The fourth-order valence-electron chi connectivity index (χ4n) is 4.91. The molecule has 2 unspecified atom stereocenters. The van der Waals surface area contributed by atoms with E-state index >= 15 is 0 Å². The molecule has 3 heterocycles. The summed E-state index contributed by atoms with van der Waals surface area (Å²) in [5.74, 6) is 0.0968. The maximum Gasteiger partial charge on any atom is 0.416 e. The van der Waals surface area contributed by atoms with Gasteiger partial charge in [0.1, 0.15) is 5.60 Å². The van der Waals surface area contributed by atoms with Gasteiger partial charge in [0.15, 0.2) is 0 Å². The third kappa shape index (κ3) is 7.32. The number of hydrogen-bond acceptors (Lipinski definition) is 6. The van der Waals surface area contributed by atoms with E-state index in [0.717, 1.165) is 5.56 Å². The Kier molecular flexibility index (Phi) is 8.47. The molecule has 0 N–H and O–H groups in total. The number of aryl methyl sites for hydroxylation is 1. The van der Waals surface area contributed by atoms with Crippen LogP contribution in [0, 0.1) is 0 Å². The Labute approximate surface area is 239 Å². The molecule has 1 aliphatic heterocycles. The van der Waals surface area contributed by atoms with E-state index < -0.39 is 41.2 Å². The zero-order chi connectivity index (χ0) is 31.0. The molecule has 3 aromatic rings. The molecular weight excluding hydrogens is 566 g/mol. The quantitative estimate of drug-likeness (QED) is 0.294. The number of alkyl halides is 6. The maximum atomic E-state index is 13.6. The molecule has 4 rings (SSSR count). The van der Waals surface area contributed by atoms with Gasteiger partial charge in [0.25, 0.3) is 0 Å². The Morgan fingerprint density at radius 3 is 2.05 bits per heavy atom. The number of likely N-dealkylation sites (tertiary alicyclic amines) is 1. The Bertz CT molecular complexity index is 1370. The highest BCUT2D eigenvalue weighted by Gasteiger charge is 2.41. The predicted molar refractivity (Wildman–Crippen MR) is 142 cm³/mol. The zero-order valence-electron chi connectivity index (χ0n) is 23.8. The lowest BCUT2D eigenvalue weighted by Crippen LogP contribution is -2.42. The van der Waals surface area contributed by atoms with Crippen LogP contribution in [0.15, 0.2) is 43.0 Å². The average Bonchev–Trinajstić information content (AvgIpc) is 3.52. The van der Waals surface area contributed by atoms with Crippen molar-refractivity contribution in [3.05, 3.63) is 59.7 Å². The molecule has 14 heteroatoms. The second-order valence-corrected chi connectivity index (χ2v) is 11.3. The van der Waals surface area contributed by atoms with Crippen LogP contribution < -0.4 is 4.90 Å². The molecule has 0 radical (unpaired) electrons. The third-order valence-electron chi connectivity index (χ3n) is 6.87. The van der Waals surface area contributed by atoms with Crippen LogP contribution in [0.1, 0.15) is 57.2 Å². The molecule has 1 aromatic carbocycles. The van der Waals surface area contributed by atoms with Crippen molar-refractivity contribution in [3.8, 4) is 11.1 Å². The van der Waals surface area contributed by atoms with Crippen LogP contribution >= 0.6 is 0 Å². The van der Waals surface area contributed by atoms with E-state index in [4.69, 9.17) is 4.74 Å². The minimum Gasteiger partial charge on any atom is -0.444 e. The van der Waals surface area contributed by atoms with E-state index in [-0.39, 0.29) is 36.7 Å². The summed E-state index contributed by atoms with van der Waals surface area (Å²) in [6, 6.07) is 0.707. The zero-order valence-corrected chi connectivity index (χ0v) is 23.8. The van der Waals surface area contributed by atoms with Crippen molar-refractivity contribution in [2.24, 2.45) is 7.05 Å². The standard InChI is InChI=1S/C28H32F6N6O2/c1-6-22-10-23(16-40(22)25(41)42-26(2,3)4)39(24-35-11-18(12-36-24)19-13-37-38(5)15-19)14-17-7-20(27(29,30)31)9-21(8-17)28(32,33)34/h7-9,11-13,15,22-23H,6,10,14,16H2,1-5H3. The van der Waals surface area contributed by atoms with Crippen molar-refractivity contribution in [2.45, 2.75) is 77.1 Å². The number of amides is 1. The van der Waals surface area contributed by atoms with Gasteiger partial charge in [-0.25, -0.2) is 14.8 Å². The highest BCUT2D eigenvalue weighted by atomic mass is 19.4. The second-order valence-electron chi connectivity index (χ2n) is 11.3. The second kappa shape index (κ2) is 11.4. The van der Waals surface area contributed by atoms with E-state index in [1.54, 1.807) is 54.7 Å². The first-order chi connectivity index (χ1) is 19.4. The van der Waals surface area contributed by atoms with Crippen molar-refractivity contribution < 1.29 is 35.9 Å². The lowest BCUT2D eigenvalue weighted by atomic mass is 10.0. The smallest absolute Gasteiger partial charge is 0.416 e. The molecule has 2 atom stereocenters. The number of carbonyl (C=O) groups is 1. The number of hydrogen-bond donors (Lipinski definition) is 0. The molecule has 1 saturated heterocycles. The minimum atomic E-state index is -4.99. The van der Waals surface area contributed by atoms with E-state index in [9.17, 15) is 31.1 Å². The van der Waals surface area contributed by atoms with Crippen LogP contribution in [-0.2, 0) is 30.7 Å². The number of nitrogens with zero attached hydrogens (tertiary/aromatic N) is 6. The van der Waals surface area contributed by atoms with Crippen molar-refractivity contribution in [1.82, 2.24) is 24.6 Å². The summed E-state index contributed by atoms with van der Waals surface area (Å²) in [5, 5.41) is 4.11. The molecule has 8 nitrogen and oxygen atoms in total. The van der Waals surface area contributed by atoms with Gasteiger partial charge in [0.2, 0.25) is 5.95 Å². The normalized spacial score (nSPS) is 17.9. The van der Waals surface area contributed by atoms with Gasteiger partial charge in [-0.15, -0.1) is 0 Å². The molecule has 42 heavy (non-hydrogen) atoms. The van der Waals surface area contributed by atoms with Gasteiger partial charge in [-0.1, -0.05) is 6.92 Å². The average molecular weight is 599 g/mol. The topological polar surface area (TPSA) is 76.4 Å². The largest absolute Gasteiger partial charge is 0.444 e. The van der Waals surface area contributed by atoms with E-state index in [1.165, 1.54) is 12.4 Å².